The average Bonchev–Trinajstić information content (AvgIpc) is 1.88. The highest BCUT2D eigenvalue weighted by molar-refractivity contribution is 4.84. The minimum absolute atomic E-state index is 0.0961. The quantitative estimate of drug-likeness (QED) is 0.654. The molecule has 0 aromatic carbocycles. The first kappa shape index (κ1) is 9.78. The van der Waals surface area contributed by atoms with Gasteiger partial charge in [-0.15, -0.1) is 0 Å². The van der Waals surface area contributed by atoms with Crippen molar-refractivity contribution in [1.29, 1.82) is 0 Å². The van der Waals surface area contributed by atoms with Crippen molar-refractivity contribution in [3.8, 4) is 0 Å². The fraction of sp³-hybridized carbons (Fsp3) is 1.00. The van der Waals surface area contributed by atoms with Gasteiger partial charge in [-0.25, -0.2) is 8.78 Å². The maximum Gasteiger partial charge on any atom is 0.258 e. The first-order valence-corrected chi connectivity index (χ1v) is 3.12. The van der Waals surface area contributed by atoms with Crippen molar-refractivity contribution in [2.75, 3.05) is 13.7 Å². The average molecular weight is 153 g/mol. The van der Waals surface area contributed by atoms with Crippen molar-refractivity contribution in [2.45, 2.75) is 25.3 Å². The van der Waals surface area contributed by atoms with Gasteiger partial charge >= 0.3 is 0 Å². The van der Waals surface area contributed by atoms with E-state index in [4.69, 9.17) is 5.73 Å². The highest BCUT2D eigenvalue weighted by Crippen LogP contribution is 2.16. The van der Waals surface area contributed by atoms with Gasteiger partial charge in [0.05, 0.1) is 6.61 Å². The standard InChI is InChI=1S/C6H13F2NO/c1-3-6(9,4-10-2)5(7)8/h5H,3-4,9H2,1-2H3. The van der Waals surface area contributed by atoms with Crippen LogP contribution in [0.5, 0.6) is 0 Å². The van der Waals surface area contributed by atoms with Gasteiger partial charge < -0.3 is 10.5 Å². The summed E-state index contributed by atoms with van der Waals surface area (Å²) in [5.74, 6) is 0. The van der Waals surface area contributed by atoms with Gasteiger partial charge in [0.1, 0.15) is 5.54 Å². The van der Waals surface area contributed by atoms with Crippen molar-refractivity contribution in [1.82, 2.24) is 0 Å². The number of rotatable bonds is 4. The predicted octanol–water partition coefficient (Wildman–Crippen LogP) is 1.01. The van der Waals surface area contributed by atoms with E-state index in [0.717, 1.165) is 0 Å². The number of methoxy groups -OCH3 is 1. The van der Waals surface area contributed by atoms with Crippen molar-refractivity contribution >= 4 is 0 Å². The molecule has 0 radical (unpaired) electrons. The molecule has 0 saturated carbocycles. The molecule has 0 rings (SSSR count). The molecule has 0 amide bonds. The summed E-state index contributed by atoms with van der Waals surface area (Å²) in [6, 6.07) is 0. The van der Waals surface area contributed by atoms with Crippen LogP contribution in [0.15, 0.2) is 0 Å². The van der Waals surface area contributed by atoms with Crippen molar-refractivity contribution in [2.24, 2.45) is 5.73 Å². The van der Waals surface area contributed by atoms with E-state index in [2.05, 4.69) is 4.74 Å². The van der Waals surface area contributed by atoms with Gasteiger partial charge in [-0.2, -0.15) is 0 Å². The molecule has 0 heterocycles. The van der Waals surface area contributed by atoms with Crippen molar-refractivity contribution in [3.05, 3.63) is 0 Å². The smallest absolute Gasteiger partial charge is 0.258 e. The number of ether oxygens (including phenoxy) is 1. The second-order valence-corrected chi connectivity index (χ2v) is 2.32. The Morgan fingerprint density at radius 2 is 2.10 bits per heavy atom. The van der Waals surface area contributed by atoms with Gasteiger partial charge in [-0.1, -0.05) is 6.92 Å². The molecule has 4 heteroatoms. The molecule has 0 aromatic rings. The van der Waals surface area contributed by atoms with Crippen LogP contribution in [0.25, 0.3) is 0 Å². The number of halogens is 2. The third kappa shape index (κ3) is 2.19. The Balaban J connectivity index is 3.94. The van der Waals surface area contributed by atoms with Crippen LogP contribution < -0.4 is 5.73 Å². The second kappa shape index (κ2) is 3.83. The summed E-state index contributed by atoms with van der Waals surface area (Å²) in [6.45, 7) is 1.52. The molecule has 0 aliphatic heterocycles. The largest absolute Gasteiger partial charge is 0.383 e. The topological polar surface area (TPSA) is 35.2 Å². The van der Waals surface area contributed by atoms with E-state index in [1.165, 1.54) is 7.11 Å². The van der Waals surface area contributed by atoms with Crippen LogP contribution in [0.3, 0.4) is 0 Å². The lowest BCUT2D eigenvalue weighted by atomic mass is 10.00. The second-order valence-electron chi connectivity index (χ2n) is 2.32. The van der Waals surface area contributed by atoms with E-state index < -0.39 is 12.0 Å². The summed E-state index contributed by atoms with van der Waals surface area (Å²) < 4.78 is 28.7. The summed E-state index contributed by atoms with van der Waals surface area (Å²) in [5.41, 5.74) is 3.81. The summed E-state index contributed by atoms with van der Waals surface area (Å²) in [5, 5.41) is 0. The molecule has 1 unspecified atom stereocenters. The fourth-order valence-electron chi connectivity index (χ4n) is 0.588. The van der Waals surface area contributed by atoms with E-state index in [1.807, 2.05) is 0 Å². The molecule has 10 heavy (non-hydrogen) atoms. The number of nitrogens with two attached hydrogens (primary N) is 1. The highest BCUT2D eigenvalue weighted by atomic mass is 19.3. The van der Waals surface area contributed by atoms with Crippen LogP contribution >= 0.6 is 0 Å². The van der Waals surface area contributed by atoms with Crippen LogP contribution in [0.1, 0.15) is 13.3 Å². The Morgan fingerprint density at radius 3 is 2.20 bits per heavy atom. The van der Waals surface area contributed by atoms with E-state index in [0.29, 0.717) is 0 Å². The molecule has 1 atom stereocenters. The molecule has 0 aliphatic rings. The molecular weight excluding hydrogens is 140 g/mol. The minimum Gasteiger partial charge on any atom is -0.383 e. The Morgan fingerprint density at radius 1 is 1.60 bits per heavy atom. The highest BCUT2D eigenvalue weighted by Gasteiger charge is 2.33. The van der Waals surface area contributed by atoms with Crippen LogP contribution in [-0.4, -0.2) is 25.7 Å². The molecule has 0 aromatic heterocycles. The Hall–Kier alpha value is -0.220. The molecule has 0 bridgehead atoms. The third-order valence-electron chi connectivity index (χ3n) is 1.51. The number of alkyl halides is 2. The SMILES string of the molecule is CCC(N)(COC)C(F)F. The van der Waals surface area contributed by atoms with E-state index in [9.17, 15) is 8.78 Å². The lowest BCUT2D eigenvalue weighted by molar-refractivity contribution is 0.00148. The number of hydrogen-bond acceptors (Lipinski definition) is 2. The molecule has 0 aliphatic carbocycles. The monoisotopic (exact) mass is 153 g/mol. The molecule has 0 saturated heterocycles. The van der Waals surface area contributed by atoms with E-state index in [-0.39, 0.29) is 13.0 Å². The zero-order valence-electron chi connectivity index (χ0n) is 6.23. The van der Waals surface area contributed by atoms with Gasteiger partial charge in [0, 0.05) is 7.11 Å². The van der Waals surface area contributed by atoms with Crippen LogP contribution in [0.2, 0.25) is 0 Å². The van der Waals surface area contributed by atoms with E-state index in [1.54, 1.807) is 6.92 Å². The zero-order valence-corrected chi connectivity index (χ0v) is 6.23. The van der Waals surface area contributed by atoms with Gasteiger partial charge in [-0.3, -0.25) is 0 Å². The van der Waals surface area contributed by atoms with E-state index >= 15 is 0 Å². The fourth-order valence-corrected chi connectivity index (χ4v) is 0.588. The van der Waals surface area contributed by atoms with Gasteiger partial charge in [0.2, 0.25) is 0 Å². The maximum absolute atomic E-state index is 12.1. The van der Waals surface area contributed by atoms with Gasteiger partial charge in [-0.05, 0) is 6.42 Å². The van der Waals surface area contributed by atoms with Crippen LogP contribution in [-0.2, 0) is 4.74 Å². The lowest BCUT2D eigenvalue weighted by Crippen LogP contribution is -2.50. The van der Waals surface area contributed by atoms with Gasteiger partial charge in [0.25, 0.3) is 6.43 Å². The van der Waals surface area contributed by atoms with Gasteiger partial charge in [0.15, 0.2) is 0 Å². The Bertz CT molecular complexity index is 99.7. The summed E-state index contributed by atoms with van der Waals surface area (Å²) >= 11 is 0. The number of hydrogen-bond donors (Lipinski definition) is 1. The molecule has 2 nitrogen and oxygen atoms in total. The van der Waals surface area contributed by atoms with Crippen LogP contribution in [0, 0.1) is 0 Å². The summed E-state index contributed by atoms with van der Waals surface area (Å²) in [6.07, 6.45) is -2.30. The van der Waals surface area contributed by atoms with Crippen LogP contribution in [0.4, 0.5) is 8.78 Å². The maximum atomic E-state index is 12.1. The molecule has 2 N–H and O–H groups in total. The molecule has 62 valence electrons. The molecule has 0 spiro atoms. The normalized spacial score (nSPS) is 17.4. The molecule has 0 fully saturated rings. The predicted molar refractivity (Wildman–Crippen MR) is 35.1 cm³/mol. The van der Waals surface area contributed by atoms with Crippen molar-refractivity contribution < 1.29 is 13.5 Å². The summed E-state index contributed by atoms with van der Waals surface area (Å²) in [7, 11) is 1.36. The van der Waals surface area contributed by atoms with Crippen molar-refractivity contribution in [3.63, 3.8) is 0 Å². The Kier molecular flexibility index (Phi) is 3.75. The first-order chi connectivity index (χ1) is 4.56. The minimum atomic E-state index is -2.52. The zero-order chi connectivity index (χ0) is 8.20. The summed E-state index contributed by atoms with van der Waals surface area (Å²) in [4.78, 5) is 0. The third-order valence-corrected chi connectivity index (χ3v) is 1.51. The lowest BCUT2D eigenvalue weighted by Gasteiger charge is -2.25. The first-order valence-electron chi connectivity index (χ1n) is 3.12. The molecular formula is C6H13F2NO. The Labute approximate surface area is 59.3 Å².